The number of nitrogens with zero attached hydrogens (tertiary/aromatic N) is 4. The Balaban J connectivity index is 2.18. The third-order valence-corrected chi connectivity index (χ3v) is 15.3. The van der Waals surface area contributed by atoms with Gasteiger partial charge in [-0.25, -0.2) is 14.8 Å². The van der Waals surface area contributed by atoms with Crippen LogP contribution < -0.4 is 61.0 Å². The summed E-state index contributed by atoms with van der Waals surface area (Å²) in [6, 6.07) is 4.62. The van der Waals surface area contributed by atoms with Gasteiger partial charge < -0.3 is 80.3 Å². The first kappa shape index (κ1) is 76.4. The van der Waals surface area contributed by atoms with Crippen LogP contribution in [0, 0.1) is 5.92 Å². The van der Waals surface area contributed by atoms with Crippen LogP contribution in [0.15, 0.2) is 46.7 Å². The Morgan fingerprint density at radius 2 is 0.860 bits per heavy atom. The van der Waals surface area contributed by atoms with Gasteiger partial charge in [-0.1, -0.05) is 19.3 Å². The van der Waals surface area contributed by atoms with Crippen LogP contribution in [0.3, 0.4) is 0 Å². The molecule has 17 N–H and O–H groups in total. The van der Waals surface area contributed by atoms with Crippen molar-refractivity contribution in [1.82, 2.24) is 46.4 Å². The van der Waals surface area contributed by atoms with Crippen molar-refractivity contribution in [3.63, 3.8) is 0 Å². The molecule has 86 heavy (non-hydrogen) atoms. The molecule has 4 atom stereocenters. The number of nitrogens with two attached hydrogens (primary N) is 6. The summed E-state index contributed by atoms with van der Waals surface area (Å²) in [7, 11) is 2.61. The van der Waals surface area contributed by atoms with Crippen molar-refractivity contribution >= 4 is 69.1 Å². The number of hydrogen-bond donors (Lipinski definition) is 11. The number of esters is 1. The number of unbranched alkanes of at least 4 members (excludes halogenated alkanes) is 4. The second kappa shape index (κ2) is 43.0. The number of carbonyl (C=O) groups is 8. The van der Waals surface area contributed by atoms with Crippen LogP contribution in [0.25, 0.3) is 0 Å². The Morgan fingerprint density at radius 1 is 0.488 bits per heavy atom. The van der Waals surface area contributed by atoms with Crippen molar-refractivity contribution in [3.8, 4) is 0 Å². The first-order chi connectivity index (χ1) is 40.9. The van der Waals surface area contributed by atoms with E-state index in [2.05, 4.69) is 36.6 Å². The molecule has 7 amide bonds. The second-order valence-electron chi connectivity index (χ2n) is 23.1. The molecule has 0 saturated carbocycles. The van der Waals surface area contributed by atoms with Gasteiger partial charge >= 0.3 is 12.1 Å². The fourth-order valence-corrected chi connectivity index (χ4v) is 10.3. The first-order valence-corrected chi connectivity index (χ1v) is 32.6. The van der Waals surface area contributed by atoms with Crippen LogP contribution >= 0.6 is 21.6 Å². The third kappa shape index (κ3) is 34.0. The van der Waals surface area contributed by atoms with E-state index >= 15 is 0 Å². The molecule has 2 aromatic rings. The zero-order valence-corrected chi connectivity index (χ0v) is 53.6. The summed E-state index contributed by atoms with van der Waals surface area (Å²) in [5.74, 6) is -2.85. The maximum Gasteiger partial charge on any atom is 0.408 e. The molecule has 0 aromatic carbocycles. The molecule has 0 unspecified atom stereocenters. The Labute approximate surface area is 517 Å². The molecule has 2 heterocycles. The average molecular weight is 1250 g/mol. The molecule has 486 valence electrons. The predicted octanol–water partition coefficient (Wildman–Crippen LogP) is 3.60. The lowest BCUT2D eigenvalue weighted by Gasteiger charge is -2.24. The van der Waals surface area contributed by atoms with Crippen LogP contribution in [-0.4, -0.2) is 175 Å². The fraction of sp³-hybridized carbons (Fsp3) is 0.695. The number of amides is 7. The van der Waals surface area contributed by atoms with Gasteiger partial charge in [-0.3, -0.25) is 33.6 Å². The second-order valence-corrected chi connectivity index (χ2v) is 25.3. The van der Waals surface area contributed by atoms with Gasteiger partial charge in [0.2, 0.25) is 23.6 Å². The molecule has 0 aliphatic heterocycles. The zero-order valence-electron chi connectivity index (χ0n) is 51.9. The van der Waals surface area contributed by atoms with Gasteiger partial charge in [0.25, 0.3) is 11.8 Å². The summed E-state index contributed by atoms with van der Waals surface area (Å²) in [6.07, 6.45) is 11.4. The number of carbonyl (C=O) groups excluding carboxylic acids is 8. The lowest BCUT2D eigenvalue weighted by molar-refractivity contribution is -0.157. The van der Waals surface area contributed by atoms with E-state index in [1.54, 1.807) is 75.6 Å². The van der Waals surface area contributed by atoms with Gasteiger partial charge in [0.15, 0.2) is 0 Å². The summed E-state index contributed by atoms with van der Waals surface area (Å²) in [5.41, 5.74) is 33.9. The normalized spacial score (nSPS) is 12.9. The Morgan fingerprint density at radius 3 is 1.23 bits per heavy atom. The number of nitrogens with one attached hydrogen (secondary N) is 5. The first-order valence-electron chi connectivity index (χ1n) is 30.4. The fourth-order valence-electron chi connectivity index (χ4n) is 8.58. The molecule has 0 fully saturated rings. The molecule has 27 heteroatoms. The molecule has 0 aliphatic carbocycles. The SMILES string of the molecule is CC(C)(C)OC(=O)C[C@@H](CCCCN)C(=O)NCCCN(CCCNC(=O)[C@@H](N)CCCCN)C(=O)c1ccc(SSc2ccc(C(=O)N(CCCNC(=O)[C@H](CCCCN)NC(=O)OC(C)(C)C)CCCNC(=O)[C@@H](N)CCCCN)cn2)nc1. The summed E-state index contributed by atoms with van der Waals surface area (Å²) < 4.78 is 10.9. The highest BCUT2D eigenvalue weighted by Crippen LogP contribution is 2.35. The molecule has 2 aromatic heterocycles. The highest BCUT2D eigenvalue weighted by Gasteiger charge is 2.27. The maximum absolute atomic E-state index is 14.1. The summed E-state index contributed by atoms with van der Waals surface area (Å²) in [5, 5.41) is 15.4. The van der Waals surface area contributed by atoms with Crippen molar-refractivity contribution in [2.24, 2.45) is 40.3 Å². The standard InChI is InChI=1S/C59H103N15O10S2/c1-58(2,3)83-50(75)39-42(19-7-11-27-60)51(76)66-31-15-35-73(36-16-32-67-52(77)45(64)20-8-12-28-61)55(80)43-23-25-48(70-40-43)85-86-49-26-24-44(41-71-49)56(81)74(37-17-33-68-53(78)46(65)21-9-13-29-62)38-18-34-69-54(79)47(22-10-14-30-63)72-57(82)84-59(4,5)6/h23-26,40-42,45-47H,7-22,27-39,60-65H2,1-6H3,(H,66,76)(H,67,77)(H,68,78)(H,69,79)(H,72,82)/t42-,45+,46+,47+/m1/s1. The van der Waals surface area contributed by atoms with Crippen LogP contribution in [0.4, 0.5) is 4.79 Å². The topological polar surface area (TPSA) is 404 Å². The van der Waals surface area contributed by atoms with Crippen LogP contribution in [0.1, 0.15) is 171 Å². The van der Waals surface area contributed by atoms with Crippen LogP contribution in [0.5, 0.6) is 0 Å². The maximum atomic E-state index is 14.1. The monoisotopic (exact) mass is 1250 g/mol. The molecular formula is C59H103N15O10S2. The number of ether oxygens (including phenoxy) is 2. The van der Waals surface area contributed by atoms with Crippen molar-refractivity contribution < 1.29 is 47.8 Å². The van der Waals surface area contributed by atoms with Gasteiger partial charge in [0.05, 0.1) is 29.6 Å². The molecule has 2 rings (SSSR count). The van der Waals surface area contributed by atoms with Gasteiger partial charge in [-0.15, -0.1) is 0 Å². The highest BCUT2D eigenvalue weighted by atomic mass is 33.1. The molecule has 0 bridgehead atoms. The number of alkyl carbamates (subject to hydrolysis) is 1. The number of aromatic nitrogens is 2. The molecule has 0 saturated heterocycles. The summed E-state index contributed by atoms with van der Waals surface area (Å²) in [4.78, 5) is 118. The number of rotatable bonds is 44. The van der Waals surface area contributed by atoms with E-state index in [0.29, 0.717) is 131 Å². The quantitative estimate of drug-likeness (QED) is 0.0256. The Hall–Kier alpha value is -5.68. The van der Waals surface area contributed by atoms with Crippen LogP contribution in [-0.2, 0) is 33.4 Å². The minimum Gasteiger partial charge on any atom is -0.460 e. The Bertz CT molecular complexity index is 2170. The van der Waals surface area contributed by atoms with Gasteiger partial charge in [0.1, 0.15) is 27.3 Å². The predicted molar refractivity (Wildman–Crippen MR) is 337 cm³/mol. The van der Waals surface area contributed by atoms with E-state index in [1.165, 1.54) is 34.0 Å². The van der Waals surface area contributed by atoms with E-state index in [4.69, 9.17) is 43.9 Å². The summed E-state index contributed by atoms with van der Waals surface area (Å²) in [6.45, 7) is 14.6. The zero-order chi connectivity index (χ0) is 63.9. The highest BCUT2D eigenvalue weighted by molar-refractivity contribution is 8.76. The van der Waals surface area contributed by atoms with Crippen molar-refractivity contribution in [2.45, 2.75) is 190 Å². The number of pyridine rings is 2. The van der Waals surface area contributed by atoms with E-state index in [1.807, 2.05) is 0 Å². The average Bonchev–Trinajstić information content (AvgIpc) is 3.67. The molecule has 25 nitrogen and oxygen atoms in total. The largest absolute Gasteiger partial charge is 0.460 e. The van der Waals surface area contributed by atoms with E-state index < -0.39 is 47.3 Å². The van der Waals surface area contributed by atoms with Crippen molar-refractivity contribution in [2.75, 3.05) is 78.5 Å². The summed E-state index contributed by atoms with van der Waals surface area (Å²) >= 11 is 0. The minimum atomic E-state index is -0.842. The molecule has 0 radical (unpaired) electrons. The van der Waals surface area contributed by atoms with Gasteiger partial charge in [-0.2, -0.15) is 0 Å². The minimum absolute atomic E-state index is 0.0621. The Kier molecular flexibility index (Phi) is 38.2. The lowest BCUT2D eigenvalue weighted by atomic mass is 9.97. The van der Waals surface area contributed by atoms with E-state index in [-0.39, 0.29) is 87.7 Å². The van der Waals surface area contributed by atoms with Gasteiger partial charge in [-0.05, 0) is 197 Å². The lowest BCUT2D eigenvalue weighted by Crippen LogP contribution is -2.48. The van der Waals surface area contributed by atoms with Crippen LogP contribution in [0.2, 0.25) is 0 Å². The smallest absolute Gasteiger partial charge is 0.408 e. The molecule has 0 spiro atoms. The number of hydrogen-bond acceptors (Lipinski definition) is 20. The van der Waals surface area contributed by atoms with E-state index in [9.17, 15) is 38.4 Å². The molecule has 0 aliphatic rings. The third-order valence-electron chi connectivity index (χ3n) is 13.1. The van der Waals surface area contributed by atoms with Crippen molar-refractivity contribution in [3.05, 3.63) is 47.8 Å². The van der Waals surface area contributed by atoms with Crippen molar-refractivity contribution in [1.29, 1.82) is 0 Å². The van der Waals surface area contributed by atoms with Gasteiger partial charge in [0, 0.05) is 70.7 Å². The van der Waals surface area contributed by atoms with E-state index in [0.717, 1.165) is 25.7 Å². The molecular weight excluding hydrogens is 1140 g/mol.